The second-order valence-electron chi connectivity index (χ2n) is 11.5. The smallest absolute Gasteiger partial charge is 0.313 e. The summed E-state index contributed by atoms with van der Waals surface area (Å²) in [4.78, 5) is 87.3. The quantitative estimate of drug-likeness (QED) is 0.0496. The van der Waals surface area contributed by atoms with Crippen LogP contribution in [-0.2, 0) is 42.9 Å². The highest BCUT2D eigenvalue weighted by atomic mass is 16.7. The van der Waals surface area contributed by atoms with Crippen molar-refractivity contribution in [3.8, 4) is 17.2 Å². The molecule has 0 spiro atoms. The summed E-state index contributed by atoms with van der Waals surface area (Å²) in [5, 5.41) is 80.4. The van der Waals surface area contributed by atoms with E-state index in [0.29, 0.717) is 5.56 Å². The molecule has 0 aliphatic carbocycles. The maximum absolute atomic E-state index is 12.3. The third-order valence-electron chi connectivity index (χ3n) is 7.10. The Balaban J connectivity index is 0.000000542. The van der Waals surface area contributed by atoms with Crippen LogP contribution in [0.15, 0.2) is 42.5 Å². The number of aliphatic hydroxyl groups is 1. The Morgan fingerprint density at radius 2 is 0.982 bits per heavy atom. The molecule has 57 heavy (non-hydrogen) atoms. The van der Waals surface area contributed by atoms with Crippen molar-refractivity contribution in [1.29, 1.82) is 0 Å². The van der Waals surface area contributed by atoms with Gasteiger partial charge in [-0.05, 0) is 35.4 Å². The molecule has 0 bridgehead atoms. The van der Waals surface area contributed by atoms with Gasteiger partial charge in [0.15, 0.2) is 24.6 Å². The second kappa shape index (κ2) is 23.0. The monoisotopic (exact) mass is 812 g/mol. The summed E-state index contributed by atoms with van der Waals surface area (Å²) in [5.41, 5.74) is 1.63. The number of benzene rings is 2. The van der Waals surface area contributed by atoms with E-state index in [9.17, 15) is 75.0 Å². The van der Waals surface area contributed by atoms with Crippen molar-refractivity contribution in [2.45, 2.75) is 56.4 Å². The first-order valence-corrected chi connectivity index (χ1v) is 16.4. The van der Waals surface area contributed by atoms with Gasteiger partial charge in [-0.1, -0.05) is 24.3 Å². The standard InChI is InChI=1S/C18H24N4O18.C14H12O3/c23-11(1-5-19(28)29)36-9-10-15(38-12(24)2-6-20(30)31)16(39-13(25)3-7-21(32)33)17(18(27)37-10)40-14(26)4-8-22(34)35;15-12-5-3-10(4-6-12)1-2-11-7-13(16)9-14(17)8-11/h10,15-18,27H,1-9H2;1-9,15-17H. The van der Waals surface area contributed by atoms with Crippen molar-refractivity contribution in [3.05, 3.63) is 94.0 Å². The molecular weight excluding hydrogens is 776 g/mol. The number of rotatable bonds is 19. The largest absolute Gasteiger partial charge is 0.508 e. The summed E-state index contributed by atoms with van der Waals surface area (Å²) in [6.07, 6.45) is -9.58. The van der Waals surface area contributed by atoms with E-state index in [0.717, 1.165) is 5.56 Å². The molecule has 2 aromatic rings. The van der Waals surface area contributed by atoms with Crippen molar-refractivity contribution >= 4 is 36.0 Å². The van der Waals surface area contributed by atoms with Crippen molar-refractivity contribution in [3.63, 3.8) is 0 Å². The van der Waals surface area contributed by atoms with Gasteiger partial charge in [0.2, 0.25) is 26.2 Å². The fourth-order valence-corrected chi connectivity index (χ4v) is 4.53. The Bertz CT molecular complexity index is 1770. The number of phenols is 3. The summed E-state index contributed by atoms with van der Waals surface area (Å²) in [6.45, 7) is -4.46. The number of nitrogens with zero attached hydrogens (tertiary/aromatic N) is 4. The first kappa shape index (κ1) is 46.1. The Kier molecular flexibility index (Phi) is 18.6. The molecular formula is C32H36N4O21. The summed E-state index contributed by atoms with van der Waals surface area (Å²) in [7, 11) is 0. The molecule has 3 rings (SSSR count). The van der Waals surface area contributed by atoms with Crippen LogP contribution in [0.4, 0.5) is 0 Å². The first-order chi connectivity index (χ1) is 26.8. The number of carbonyl (C=O) groups excluding carboxylic acids is 4. The average molecular weight is 813 g/mol. The molecule has 0 saturated carbocycles. The van der Waals surface area contributed by atoms with E-state index in [1.165, 1.54) is 6.07 Å². The van der Waals surface area contributed by atoms with Gasteiger partial charge in [-0.15, -0.1) is 0 Å². The van der Waals surface area contributed by atoms with Crippen molar-refractivity contribution in [2.24, 2.45) is 0 Å². The Morgan fingerprint density at radius 1 is 0.579 bits per heavy atom. The normalized spacial score (nSPS) is 18.6. The van der Waals surface area contributed by atoms with Crippen LogP contribution in [0.5, 0.6) is 17.2 Å². The third kappa shape index (κ3) is 18.2. The van der Waals surface area contributed by atoms with Crippen LogP contribution in [-0.4, -0.2) is 127 Å². The number of hydrogen-bond donors (Lipinski definition) is 4. The van der Waals surface area contributed by atoms with Crippen LogP contribution in [0.25, 0.3) is 12.2 Å². The minimum absolute atomic E-state index is 0.0235. The molecule has 1 fully saturated rings. The third-order valence-corrected chi connectivity index (χ3v) is 7.10. The van der Waals surface area contributed by atoms with E-state index in [1.54, 1.807) is 42.5 Å². The zero-order chi connectivity index (χ0) is 42.7. The van der Waals surface area contributed by atoms with Crippen molar-refractivity contribution in [1.82, 2.24) is 0 Å². The molecule has 0 aromatic heterocycles. The summed E-state index contributed by atoms with van der Waals surface area (Å²) < 4.78 is 25.1. The van der Waals surface area contributed by atoms with E-state index in [1.807, 2.05) is 6.08 Å². The number of ether oxygens (including phenoxy) is 5. The topological polar surface area (TPSA) is 368 Å². The lowest BCUT2D eigenvalue weighted by atomic mass is 9.98. The first-order valence-electron chi connectivity index (χ1n) is 16.4. The van der Waals surface area contributed by atoms with Crippen molar-refractivity contribution in [2.75, 3.05) is 32.8 Å². The van der Waals surface area contributed by atoms with Gasteiger partial charge in [0.05, 0.1) is 0 Å². The number of nitro groups is 4. The van der Waals surface area contributed by atoms with E-state index < -0.39 is 133 Å². The van der Waals surface area contributed by atoms with Gasteiger partial charge in [-0.3, -0.25) is 59.6 Å². The molecule has 1 aliphatic rings. The van der Waals surface area contributed by atoms with Crippen LogP contribution < -0.4 is 0 Å². The molecule has 1 saturated heterocycles. The molecule has 5 unspecified atom stereocenters. The fraction of sp³-hybridized carbons (Fsp3) is 0.438. The molecule has 1 aliphatic heterocycles. The molecule has 310 valence electrons. The lowest BCUT2D eigenvalue weighted by Gasteiger charge is -2.42. The summed E-state index contributed by atoms with van der Waals surface area (Å²) in [5.74, 6) is -4.80. The van der Waals surface area contributed by atoms with E-state index in [2.05, 4.69) is 0 Å². The highest BCUT2D eigenvalue weighted by molar-refractivity contribution is 5.73. The summed E-state index contributed by atoms with van der Waals surface area (Å²) in [6, 6.07) is 11.1. The lowest BCUT2D eigenvalue weighted by Crippen LogP contribution is -2.62. The zero-order valence-electron chi connectivity index (χ0n) is 29.5. The van der Waals surface area contributed by atoms with Crippen LogP contribution >= 0.6 is 0 Å². The van der Waals surface area contributed by atoms with E-state index in [4.69, 9.17) is 28.8 Å². The van der Waals surface area contributed by atoms with Crippen LogP contribution in [0.2, 0.25) is 0 Å². The molecule has 0 amide bonds. The number of phenolic OH excluding ortho intramolecular Hbond substituents is 3. The van der Waals surface area contributed by atoms with Crippen LogP contribution in [0, 0.1) is 40.5 Å². The molecule has 25 heteroatoms. The second-order valence-corrected chi connectivity index (χ2v) is 11.5. The highest BCUT2D eigenvalue weighted by Crippen LogP contribution is 2.29. The highest BCUT2D eigenvalue weighted by Gasteiger charge is 2.52. The van der Waals surface area contributed by atoms with Gasteiger partial charge >= 0.3 is 23.9 Å². The number of esters is 4. The van der Waals surface area contributed by atoms with Gasteiger partial charge in [0, 0.05) is 25.8 Å². The maximum atomic E-state index is 12.3. The van der Waals surface area contributed by atoms with Gasteiger partial charge < -0.3 is 44.1 Å². The Hall–Kier alpha value is -7.02. The predicted octanol–water partition coefficient (Wildman–Crippen LogP) is 0.623. The number of hydrogen-bond acceptors (Lipinski definition) is 21. The van der Waals surface area contributed by atoms with E-state index in [-0.39, 0.29) is 17.2 Å². The van der Waals surface area contributed by atoms with Crippen LogP contribution in [0.1, 0.15) is 36.8 Å². The molecule has 4 N–H and O–H groups in total. The number of carbonyl (C=O) groups is 4. The maximum Gasteiger partial charge on any atom is 0.313 e. The number of aliphatic hydroxyl groups excluding tert-OH is 1. The molecule has 2 aromatic carbocycles. The lowest BCUT2D eigenvalue weighted by molar-refractivity contribution is -0.479. The number of aromatic hydroxyl groups is 3. The molecule has 0 radical (unpaired) electrons. The van der Waals surface area contributed by atoms with Gasteiger partial charge in [-0.25, -0.2) is 0 Å². The minimum atomic E-state index is -2.22. The summed E-state index contributed by atoms with van der Waals surface area (Å²) >= 11 is 0. The van der Waals surface area contributed by atoms with E-state index >= 15 is 0 Å². The minimum Gasteiger partial charge on any atom is -0.508 e. The van der Waals surface area contributed by atoms with Crippen molar-refractivity contribution < 1.29 is 83.0 Å². The predicted molar refractivity (Wildman–Crippen MR) is 184 cm³/mol. The Morgan fingerprint density at radius 3 is 1.44 bits per heavy atom. The van der Waals surface area contributed by atoms with Gasteiger partial charge in [-0.2, -0.15) is 0 Å². The fourth-order valence-electron chi connectivity index (χ4n) is 4.53. The van der Waals surface area contributed by atoms with Gasteiger partial charge in [0.25, 0.3) is 0 Å². The zero-order valence-corrected chi connectivity index (χ0v) is 29.5. The van der Waals surface area contributed by atoms with Crippen LogP contribution in [0.3, 0.4) is 0 Å². The molecule has 5 atom stereocenters. The molecule has 1 heterocycles. The van der Waals surface area contributed by atoms with Gasteiger partial charge in [0.1, 0.15) is 55.6 Å². The Labute approximate surface area is 319 Å². The SMILES string of the molecule is O=C(CC[N+](=O)[O-])OCC1OC(O)C(OC(=O)CC[N+](=O)[O-])C(OC(=O)CC[N+](=O)[O-])C1OC(=O)CC[N+](=O)[O-].Oc1ccc(C=Cc2cc(O)cc(O)c2)cc1. The molecule has 25 nitrogen and oxygen atoms in total. The average Bonchev–Trinajstić information content (AvgIpc) is 3.12.